The van der Waals surface area contributed by atoms with Gasteiger partial charge in [0.25, 0.3) is 11.8 Å². The summed E-state index contributed by atoms with van der Waals surface area (Å²) in [6, 6.07) is 2.47. The van der Waals surface area contributed by atoms with E-state index in [1.165, 1.54) is 54.0 Å². The molecule has 0 bridgehead atoms. The van der Waals surface area contributed by atoms with Crippen molar-refractivity contribution >= 4 is 58.5 Å². The van der Waals surface area contributed by atoms with Gasteiger partial charge < -0.3 is 24.7 Å². The van der Waals surface area contributed by atoms with Crippen molar-refractivity contribution in [2.75, 3.05) is 25.7 Å². The highest BCUT2D eigenvalue weighted by Gasteiger charge is 2.54. The molecule has 2 aliphatic rings. The molecule has 184 valence electrons. The molecule has 4 heterocycles. The number of aromatic nitrogens is 3. The lowest BCUT2D eigenvalue weighted by molar-refractivity contribution is -0.148. The van der Waals surface area contributed by atoms with Gasteiger partial charge in [0.2, 0.25) is 11.8 Å². The first-order chi connectivity index (χ1) is 16.9. The van der Waals surface area contributed by atoms with Gasteiger partial charge >= 0.3 is 6.16 Å². The molecular formula is C19H18N6O7S3. The molecular weight excluding hydrogens is 520 g/mol. The second kappa shape index (κ2) is 10.9. The molecule has 2 N–H and O–H groups in total. The summed E-state index contributed by atoms with van der Waals surface area (Å²) in [4.78, 5) is 47.1. The van der Waals surface area contributed by atoms with Crippen molar-refractivity contribution < 1.29 is 33.8 Å². The van der Waals surface area contributed by atoms with Gasteiger partial charge in [0.1, 0.15) is 29.2 Å². The van der Waals surface area contributed by atoms with E-state index in [9.17, 15) is 19.5 Å². The molecule has 2 aliphatic heterocycles. The topological polar surface area (TPSA) is 165 Å². The van der Waals surface area contributed by atoms with Crippen LogP contribution in [0.5, 0.6) is 5.88 Å². The summed E-state index contributed by atoms with van der Waals surface area (Å²) in [7, 11) is 2.78. The fourth-order valence-corrected chi connectivity index (χ4v) is 6.00. The van der Waals surface area contributed by atoms with E-state index < -0.39 is 29.4 Å². The lowest BCUT2D eigenvalue weighted by Crippen LogP contribution is -2.70. The molecule has 4 rings (SSSR count). The molecule has 35 heavy (non-hydrogen) atoms. The number of carboxylic acid groups (broad SMARTS) is 1. The minimum absolute atomic E-state index is 0.0593. The molecule has 1 fully saturated rings. The summed E-state index contributed by atoms with van der Waals surface area (Å²) >= 11 is 3.96. The maximum Gasteiger partial charge on any atom is 0.512 e. The van der Waals surface area contributed by atoms with Crippen molar-refractivity contribution in [1.29, 1.82) is 0 Å². The van der Waals surface area contributed by atoms with E-state index in [0.29, 0.717) is 33.7 Å². The second-order valence-electron chi connectivity index (χ2n) is 6.84. The Morgan fingerprint density at radius 1 is 1.34 bits per heavy atom. The van der Waals surface area contributed by atoms with Crippen molar-refractivity contribution in [1.82, 2.24) is 25.4 Å². The largest absolute Gasteiger partial charge is 0.512 e. The number of methoxy groups -OCH3 is 1. The van der Waals surface area contributed by atoms with E-state index in [4.69, 9.17) is 14.3 Å². The Bertz CT molecular complexity index is 1170. The average Bonchev–Trinajstić information content (AvgIpc) is 3.39. The quantitative estimate of drug-likeness (QED) is 0.155. The van der Waals surface area contributed by atoms with Crippen molar-refractivity contribution in [2.45, 2.75) is 16.4 Å². The van der Waals surface area contributed by atoms with Crippen LogP contribution in [0.4, 0.5) is 4.79 Å². The number of nitrogens with one attached hydrogen (secondary N) is 1. The highest BCUT2D eigenvalue weighted by molar-refractivity contribution is 8.01. The first kappa shape index (κ1) is 24.7. The zero-order valence-corrected chi connectivity index (χ0v) is 20.7. The molecule has 0 saturated carbocycles. The van der Waals surface area contributed by atoms with Crippen LogP contribution in [0.15, 0.2) is 44.7 Å². The monoisotopic (exact) mass is 538 g/mol. The Hall–Kier alpha value is -3.37. The standard InChI is InChI=1S/C19H18N6O7S3/c1-30-11-3-4-12(23-22-11)34-5-9-6-35-18-14(16(27)25(18)17(9)32-19(28)29)21-15(26)13(24-31-2)10-7-33-8-20-10/h3-4,7-8,14,18H,5-6H2,1-2H3,(H,21,26)(H,28,29)/t14?,18-/m0/s1. The summed E-state index contributed by atoms with van der Waals surface area (Å²) in [6.07, 6.45) is -1.55. The number of hydrogen-bond acceptors (Lipinski definition) is 13. The number of β-lactam (4-membered cyclic amide) rings is 1. The third-order valence-electron chi connectivity index (χ3n) is 4.75. The average molecular weight is 539 g/mol. The maximum atomic E-state index is 12.9. The predicted molar refractivity (Wildman–Crippen MR) is 126 cm³/mol. The summed E-state index contributed by atoms with van der Waals surface area (Å²) in [5, 5.41) is 25.2. The van der Waals surface area contributed by atoms with Crippen LogP contribution in [0, 0.1) is 0 Å². The number of carbonyl (C=O) groups excluding carboxylic acids is 2. The van der Waals surface area contributed by atoms with Crippen LogP contribution in [-0.2, 0) is 19.2 Å². The molecule has 1 saturated heterocycles. The molecule has 0 aromatic carbocycles. The molecule has 1 unspecified atom stereocenters. The van der Waals surface area contributed by atoms with Crippen LogP contribution >= 0.6 is 34.9 Å². The van der Waals surface area contributed by atoms with Crippen LogP contribution in [0.2, 0.25) is 0 Å². The van der Waals surface area contributed by atoms with Gasteiger partial charge in [-0.1, -0.05) is 16.9 Å². The Labute approximate surface area is 210 Å². The van der Waals surface area contributed by atoms with Crippen LogP contribution in [0.3, 0.4) is 0 Å². The lowest BCUT2D eigenvalue weighted by Gasteiger charge is -2.49. The van der Waals surface area contributed by atoms with E-state index in [1.807, 2.05) is 0 Å². The van der Waals surface area contributed by atoms with Gasteiger partial charge in [0.05, 0.1) is 12.6 Å². The number of nitrogens with zero attached hydrogens (tertiary/aromatic N) is 5. The van der Waals surface area contributed by atoms with Crippen molar-refractivity contribution in [3.8, 4) is 5.88 Å². The molecule has 0 radical (unpaired) electrons. The highest BCUT2D eigenvalue weighted by atomic mass is 32.2. The number of oxime groups is 1. The van der Waals surface area contributed by atoms with Crippen LogP contribution in [0.1, 0.15) is 5.69 Å². The fourth-order valence-electron chi connectivity index (χ4n) is 3.20. The zero-order chi connectivity index (χ0) is 24.9. The highest BCUT2D eigenvalue weighted by Crippen LogP contribution is 2.41. The van der Waals surface area contributed by atoms with Crippen LogP contribution in [0.25, 0.3) is 0 Å². The molecule has 0 spiro atoms. The molecule has 16 heteroatoms. The smallest absolute Gasteiger partial charge is 0.480 e. The predicted octanol–water partition coefficient (Wildman–Crippen LogP) is 1.39. The zero-order valence-electron chi connectivity index (χ0n) is 18.2. The van der Waals surface area contributed by atoms with Gasteiger partial charge in [-0.2, -0.15) is 0 Å². The number of fused-ring (bicyclic) bond motifs is 1. The van der Waals surface area contributed by atoms with Gasteiger partial charge in [-0.25, -0.2) is 9.78 Å². The number of ether oxygens (including phenoxy) is 2. The van der Waals surface area contributed by atoms with Crippen molar-refractivity contribution in [2.24, 2.45) is 5.16 Å². The fraction of sp³-hybridized carbons (Fsp3) is 0.316. The van der Waals surface area contributed by atoms with Gasteiger partial charge in [-0.05, 0) is 6.07 Å². The van der Waals surface area contributed by atoms with Crippen molar-refractivity contribution in [3.63, 3.8) is 0 Å². The number of hydrogen-bond donors (Lipinski definition) is 2. The van der Waals surface area contributed by atoms with Gasteiger partial charge in [-0.15, -0.1) is 33.3 Å². The molecule has 0 aliphatic carbocycles. The van der Waals surface area contributed by atoms with Gasteiger partial charge in [0, 0.05) is 28.5 Å². The normalized spacial score (nSPS) is 19.5. The summed E-state index contributed by atoms with van der Waals surface area (Å²) in [5.74, 6) is -0.138. The second-order valence-corrected chi connectivity index (χ2v) is 9.66. The summed E-state index contributed by atoms with van der Waals surface area (Å²) < 4.78 is 9.97. The first-order valence-electron chi connectivity index (χ1n) is 9.81. The Kier molecular flexibility index (Phi) is 7.72. The van der Waals surface area contributed by atoms with Gasteiger partial charge in [-0.3, -0.25) is 14.5 Å². The number of thioether (sulfide) groups is 2. The SMILES string of the molecule is CON=C(C(=O)NC1C(=O)N2C(OC(=O)O)=C(CSc3ccc(OC)nn3)CS[C@@H]12)c1cscn1. The first-order valence-corrected chi connectivity index (χ1v) is 12.8. The number of rotatable bonds is 9. The van der Waals surface area contributed by atoms with Crippen molar-refractivity contribution in [3.05, 3.63) is 40.2 Å². The Morgan fingerprint density at radius 2 is 2.17 bits per heavy atom. The molecule has 13 nitrogen and oxygen atoms in total. The molecule has 2 aromatic rings. The number of carbonyl (C=O) groups is 3. The minimum Gasteiger partial charge on any atom is -0.480 e. The summed E-state index contributed by atoms with van der Waals surface area (Å²) in [5.41, 5.74) is 2.37. The van der Waals surface area contributed by atoms with E-state index in [1.54, 1.807) is 23.0 Å². The van der Waals surface area contributed by atoms with Crippen LogP contribution in [-0.4, -0.2) is 86.0 Å². The Balaban J connectivity index is 1.48. The number of amides is 2. The third-order valence-corrected chi connectivity index (χ3v) is 7.69. The van der Waals surface area contributed by atoms with E-state index >= 15 is 0 Å². The molecule has 2 atom stereocenters. The summed E-state index contributed by atoms with van der Waals surface area (Å²) in [6.45, 7) is 0. The van der Waals surface area contributed by atoms with Crippen LogP contribution < -0.4 is 10.1 Å². The van der Waals surface area contributed by atoms with E-state index in [0.717, 1.165) is 0 Å². The Morgan fingerprint density at radius 3 is 2.80 bits per heavy atom. The number of thiazole rings is 1. The molecule has 2 aromatic heterocycles. The lowest BCUT2D eigenvalue weighted by atomic mass is 10.1. The molecule has 2 amide bonds. The van der Waals surface area contributed by atoms with E-state index in [2.05, 4.69) is 25.7 Å². The maximum absolute atomic E-state index is 12.9. The van der Waals surface area contributed by atoms with E-state index in [-0.39, 0.29) is 11.6 Å². The third kappa shape index (κ3) is 5.33. The minimum atomic E-state index is -1.55. The van der Waals surface area contributed by atoms with Gasteiger partial charge in [0.15, 0.2) is 5.71 Å².